The number of esters is 2. The van der Waals surface area contributed by atoms with Crippen molar-refractivity contribution in [3.8, 4) is 0 Å². The second-order valence-electron chi connectivity index (χ2n) is 12.2. The zero-order valence-corrected chi connectivity index (χ0v) is 29.2. The number of ether oxygens (including phenoxy) is 2. The van der Waals surface area contributed by atoms with E-state index in [1.54, 1.807) is 0 Å². The quantitative estimate of drug-likeness (QED) is 0.0313. The summed E-state index contributed by atoms with van der Waals surface area (Å²) < 4.78 is 26.2. The number of allylic oxidation sites excluding steroid dienone is 2. The average Bonchev–Trinajstić information content (AvgIpc) is 2.98. The van der Waals surface area contributed by atoms with Gasteiger partial charge in [-0.05, 0) is 38.5 Å². The number of rotatable bonds is 33. The largest absolute Gasteiger partial charge is 0.469 e. The Bertz CT molecular complexity index is 736. The van der Waals surface area contributed by atoms with Crippen LogP contribution in [0.4, 0.5) is 0 Å². The topological polar surface area (TPSA) is 119 Å². The van der Waals surface area contributed by atoms with Crippen molar-refractivity contribution in [1.82, 2.24) is 0 Å². The Labute approximate surface area is 269 Å². The van der Waals surface area contributed by atoms with Crippen molar-refractivity contribution in [2.24, 2.45) is 0 Å². The molecule has 0 aromatic heterocycles. The van der Waals surface area contributed by atoms with Crippen LogP contribution in [-0.4, -0.2) is 41.0 Å². The summed E-state index contributed by atoms with van der Waals surface area (Å²) in [4.78, 5) is 42.6. The third-order valence-corrected chi connectivity index (χ3v) is 8.27. The molecule has 0 heterocycles. The van der Waals surface area contributed by atoms with Gasteiger partial charge >= 0.3 is 19.8 Å². The molecular formula is C35H67O8P. The zero-order valence-electron chi connectivity index (χ0n) is 28.3. The summed E-state index contributed by atoms with van der Waals surface area (Å²) in [5, 5.41) is 0. The van der Waals surface area contributed by atoms with E-state index in [9.17, 15) is 14.2 Å². The summed E-state index contributed by atoms with van der Waals surface area (Å²) in [5.41, 5.74) is 0. The minimum atomic E-state index is -4.74. The van der Waals surface area contributed by atoms with Gasteiger partial charge in [-0.3, -0.25) is 14.1 Å². The van der Waals surface area contributed by atoms with Crippen LogP contribution in [0.2, 0.25) is 0 Å². The maximum Gasteiger partial charge on any atom is 0.469 e. The van der Waals surface area contributed by atoms with Crippen molar-refractivity contribution >= 4 is 19.8 Å². The van der Waals surface area contributed by atoms with Gasteiger partial charge in [0, 0.05) is 12.8 Å². The van der Waals surface area contributed by atoms with Crippen LogP contribution in [0.1, 0.15) is 181 Å². The van der Waals surface area contributed by atoms with Crippen LogP contribution in [0, 0.1) is 0 Å². The maximum atomic E-state index is 12.3. The van der Waals surface area contributed by atoms with Crippen LogP contribution in [0.5, 0.6) is 0 Å². The minimum absolute atomic E-state index is 0.215. The fourth-order valence-corrected chi connectivity index (χ4v) is 5.43. The van der Waals surface area contributed by atoms with Crippen molar-refractivity contribution in [3.63, 3.8) is 0 Å². The highest BCUT2D eigenvalue weighted by molar-refractivity contribution is 7.46. The smallest absolute Gasteiger partial charge is 0.462 e. The van der Waals surface area contributed by atoms with Gasteiger partial charge in [-0.15, -0.1) is 0 Å². The minimum Gasteiger partial charge on any atom is -0.462 e. The molecule has 0 bridgehead atoms. The van der Waals surface area contributed by atoms with E-state index in [-0.39, 0.29) is 19.4 Å². The molecule has 44 heavy (non-hydrogen) atoms. The normalized spacial score (nSPS) is 12.5. The Balaban J connectivity index is 3.98. The van der Waals surface area contributed by atoms with Gasteiger partial charge in [0.1, 0.15) is 6.61 Å². The number of phosphoric acid groups is 1. The van der Waals surface area contributed by atoms with Crippen molar-refractivity contribution < 1.29 is 37.9 Å². The Morgan fingerprint density at radius 3 is 1.41 bits per heavy atom. The molecule has 260 valence electrons. The van der Waals surface area contributed by atoms with E-state index in [4.69, 9.17) is 19.3 Å². The van der Waals surface area contributed by atoms with E-state index < -0.39 is 32.5 Å². The summed E-state index contributed by atoms with van der Waals surface area (Å²) in [6.45, 7) is 3.65. The number of hydrogen-bond acceptors (Lipinski definition) is 6. The van der Waals surface area contributed by atoms with Gasteiger partial charge in [0.25, 0.3) is 0 Å². The molecule has 0 aliphatic rings. The lowest BCUT2D eigenvalue weighted by Crippen LogP contribution is -2.29. The molecule has 0 rings (SSSR count). The van der Waals surface area contributed by atoms with E-state index in [0.29, 0.717) is 12.8 Å². The van der Waals surface area contributed by atoms with Crippen LogP contribution in [0.3, 0.4) is 0 Å². The van der Waals surface area contributed by atoms with Crippen molar-refractivity contribution in [2.75, 3.05) is 13.2 Å². The molecule has 0 saturated heterocycles. The lowest BCUT2D eigenvalue weighted by molar-refractivity contribution is -0.161. The van der Waals surface area contributed by atoms with Crippen molar-refractivity contribution in [2.45, 2.75) is 187 Å². The molecule has 0 aromatic rings. The van der Waals surface area contributed by atoms with Gasteiger partial charge < -0.3 is 19.3 Å². The molecule has 0 unspecified atom stereocenters. The molecule has 0 aliphatic carbocycles. The standard InChI is InChI=1S/C35H67O8P/c1-3-5-7-9-11-13-15-17-19-21-23-25-27-29-34(36)41-31-33(32-42-44(38,39)40)43-35(37)30-28-26-24-22-20-18-16-14-12-10-8-6-4-2/h13,15,33H,3-12,14,16-32H2,1-2H3,(H2,38,39,40)/b15-13+/t33-/m1/s1. The Hall–Kier alpha value is -1.21. The molecule has 0 saturated carbocycles. The first kappa shape index (κ1) is 42.8. The molecule has 1 atom stereocenters. The molecule has 0 spiro atoms. The molecule has 8 nitrogen and oxygen atoms in total. The second-order valence-corrected chi connectivity index (χ2v) is 13.4. The predicted molar refractivity (Wildman–Crippen MR) is 179 cm³/mol. The van der Waals surface area contributed by atoms with Crippen LogP contribution >= 0.6 is 7.82 Å². The van der Waals surface area contributed by atoms with Gasteiger partial charge in [-0.25, -0.2) is 4.57 Å². The molecule has 0 aromatic carbocycles. The number of unbranched alkanes of at least 4 members (excludes halogenated alkanes) is 21. The van der Waals surface area contributed by atoms with E-state index in [1.807, 2.05) is 0 Å². The first-order chi connectivity index (χ1) is 21.3. The highest BCUT2D eigenvalue weighted by atomic mass is 31.2. The average molecular weight is 647 g/mol. The SMILES string of the molecule is CCCCCC/C=C/CCCCCCCC(=O)OC[C@H](COP(=O)(O)O)OC(=O)CCCCCCCCCCCCCCC. The molecular weight excluding hydrogens is 579 g/mol. The molecule has 0 amide bonds. The highest BCUT2D eigenvalue weighted by Crippen LogP contribution is 2.36. The third kappa shape index (κ3) is 33.7. The fraction of sp³-hybridized carbons (Fsp3) is 0.886. The van der Waals surface area contributed by atoms with Gasteiger partial charge in [0.2, 0.25) is 0 Å². The molecule has 9 heteroatoms. The van der Waals surface area contributed by atoms with Gasteiger partial charge in [-0.1, -0.05) is 142 Å². The lowest BCUT2D eigenvalue weighted by Gasteiger charge is -2.18. The summed E-state index contributed by atoms with van der Waals surface area (Å²) in [6.07, 6.45) is 32.1. The number of phosphoric ester groups is 1. The maximum absolute atomic E-state index is 12.3. The monoisotopic (exact) mass is 646 g/mol. The number of hydrogen-bond donors (Lipinski definition) is 2. The Kier molecular flexibility index (Phi) is 30.9. The summed E-state index contributed by atoms with van der Waals surface area (Å²) in [7, 11) is -4.74. The van der Waals surface area contributed by atoms with Crippen molar-refractivity contribution in [3.05, 3.63) is 12.2 Å². The predicted octanol–water partition coefficient (Wildman–Crippen LogP) is 10.3. The third-order valence-electron chi connectivity index (χ3n) is 7.78. The molecule has 2 N–H and O–H groups in total. The molecule has 0 fully saturated rings. The van der Waals surface area contributed by atoms with E-state index in [0.717, 1.165) is 51.4 Å². The van der Waals surface area contributed by atoms with Gasteiger partial charge in [-0.2, -0.15) is 0 Å². The molecule has 0 radical (unpaired) electrons. The van der Waals surface area contributed by atoms with Crippen LogP contribution < -0.4 is 0 Å². The molecule has 0 aliphatic heterocycles. The van der Waals surface area contributed by atoms with Gasteiger partial charge in [0.15, 0.2) is 6.10 Å². The van der Waals surface area contributed by atoms with Crippen molar-refractivity contribution in [1.29, 1.82) is 0 Å². The summed E-state index contributed by atoms with van der Waals surface area (Å²) in [5.74, 6) is -0.889. The lowest BCUT2D eigenvalue weighted by atomic mass is 10.0. The van der Waals surface area contributed by atoms with Gasteiger partial charge in [0.05, 0.1) is 6.61 Å². The fourth-order valence-electron chi connectivity index (χ4n) is 5.07. The van der Waals surface area contributed by atoms with E-state index >= 15 is 0 Å². The van der Waals surface area contributed by atoms with Crippen LogP contribution in [0.25, 0.3) is 0 Å². The summed E-state index contributed by atoms with van der Waals surface area (Å²) >= 11 is 0. The van der Waals surface area contributed by atoms with Crippen LogP contribution in [-0.2, 0) is 28.2 Å². The number of carbonyl (C=O) groups is 2. The Morgan fingerprint density at radius 1 is 0.568 bits per heavy atom. The first-order valence-electron chi connectivity index (χ1n) is 18.0. The summed E-state index contributed by atoms with van der Waals surface area (Å²) in [6, 6.07) is 0. The number of carbonyl (C=O) groups excluding carboxylic acids is 2. The second kappa shape index (κ2) is 31.8. The zero-order chi connectivity index (χ0) is 32.6. The highest BCUT2D eigenvalue weighted by Gasteiger charge is 2.22. The Morgan fingerprint density at radius 2 is 0.955 bits per heavy atom. The van der Waals surface area contributed by atoms with E-state index in [2.05, 4.69) is 30.5 Å². The van der Waals surface area contributed by atoms with E-state index in [1.165, 1.54) is 89.9 Å². The van der Waals surface area contributed by atoms with Crippen LogP contribution in [0.15, 0.2) is 12.2 Å². The first-order valence-corrected chi connectivity index (χ1v) is 19.5.